The average molecular weight is 285 g/mol. The van der Waals surface area contributed by atoms with Crippen molar-refractivity contribution in [3.63, 3.8) is 0 Å². The molecule has 0 amide bonds. The van der Waals surface area contributed by atoms with Crippen LogP contribution in [0.25, 0.3) is 0 Å². The van der Waals surface area contributed by atoms with E-state index in [0.29, 0.717) is 11.4 Å². The minimum absolute atomic E-state index is 0.292. The molecule has 0 spiro atoms. The molecule has 0 aliphatic carbocycles. The van der Waals surface area contributed by atoms with Crippen LogP contribution in [0, 0.1) is 11.2 Å². The Hall–Kier alpha value is -0.900. The molecule has 0 aromatic heterocycles. The number of hydrogen-bond donors (Lipinski definition) is 1. The third-order valence-electron chi connectivity index (χ3n) is 2.86. The molecule has 16 heavy (non-hydrogen) atoms. The van der Waals surface area contributed by atoms with Crippen LogP contribution in [0.5, 0.6) is 0 Å². The summed E-state index contributed by atoms with van der Waals surface area (Å²) in [7, 11) is 0. The standard InChI is InChI=1S/C12H14BrFN2/c13-11-5-4-9(14)8-10(11)12(15)16-6-2-1-3-7-16/h4-5,8,15H,1-3,6-7H2. The molecule has 1 heterocycles. The Morgan fingerprint density at radius 1 is 1.25 bits per heavy atom. The summed E-state index contributed by atoms with van der Waals surface area (Å²) in [6, 6.07) is 4.47. The lowest BCUT2D eigenvalue weighted by molar-refractivity contribution is 0.341. The number of likely N-dealkylation sites (tertiary alicyclic amines) is 1. The highest BCUT2D eigenvalue weighted by atomic mass is 79.9. The minimum Gasteiger partial charge on any atom is -0.357 e. The van der Waals surface area contributed by atoms with Crippen molar-refractivity contribution in [2.75, 3.05) is 13.1 Å². The number of piperidine rings is 1. The van der Waals surface area contributed by atoms with Gasteiger partial charge in [0.1, 0.15) is 11.7 Å². The molecule has 4 heteroatoms. The summed E-state index contributed by atoms with van der Waals surface area (Å²) in [6.07, 6.45) is 3.47. The Balaban J connectivity index is 2.22. The second-order valence-corrected chi connectivity index (χ2v) is 4.87. The topological polar surface area (TPSA) is 27.1 Å². The van der Waals surface area contributed by atoms with Crippen molar-refractivity contribution >= 4 is 21.8 Å². The van der Waals surface area contributed by atoms with Crippen LogP contribution in [0.1, 0.15) is 24.8 Å². The summed E-state index contributed by atoms with van der Waals surface area (Å²) in [6.45, 7) is 1.81. The van der Waals surface area contributed by atoms with Crippen LogP contribution >= 0.6 is 15.9 Å². The van der Waals surface area contributed by atoms with Crippen molar-refractivity contribution < 1.29 is 4.39 Å². The molecule has 1 aliphatic rings. The van der Waals surface area contributed by atoms with Gasteiger partial charge in [-0.15, -0.1) is 0 Å². The maximum absolute atomic E-state index is 13.1. The number of nitrogens with one attached hydrogen (secondary N) is 1. The number of amidine groups is 1. The van der Waals surface area contributed by atoms with Gasteiger partial charge in [0, 0.05) is 23.1 Å². The SMILES string of the molecule is N=C(c1cc(F)ccc1Br)N1CCCCC1. The van der Waals surface area contributed by atoms with Gasteiger partial charge in [0.05, 0.1) is 0 Å². The van der Waals surface area contributed by atoms with Crippen LogP contribution in [0.2, 0.25) is 0 Å². The fourth-order valence-electron chi connectivity index (χ4n) is 1.97. The molecule has 1 fully saturated rings. The van der Waals surface area contributed by atoms with Gasteiger partial charge in [0.15, 0.2) is 0 Å². The first kappa shape index (κ1) is 11.6. The largest absolute Gasteiger partial charge is 0.357 e. The van der Waals surface area contributed by atoms with Gasteiger partial charge in [-0.2, -0.15) is 0 Å². The summed E-state index contributed by atoms with van der Waals surface area (Å²) in [5.74, 6) is 0.131. The summed E-state index contributed by atoms with van der Waals surface area (Å²) in [5, 5.41) is 8.09. The quantitative estimate of drug-likeness (QED) is 0.621. The Kier molecular flexibility index (Phi) is 3.59. The Morgan fingerprint density at radius 2 is 1.94 bits per heavy atom. The molecule has 1 aromatic rings. The van der Waals surface area contributed by atoms with E-state index in [-0.39, 0.29) is 5.82 Å². The zero-order valence-corrected chi connectivity index (χ0v) is 10.6. The number of nitrogens with zero attached hydrogens (tertiary/aromatic N) is 1. The predicted octanol–water partition coefficient (Wildman–Crippen LogP) is 3.40. The van der Waals surface area contributed by atoms with Gasteiger partial charge in [0.25, 0.3) is 0 Å². The molecular formula is C12H14BrFN2. The first-order chi connectivity index (χ1) is 7.68. The normalized spacial score (nSPS) is 16.2. The van der Waals surface area contributed by atoms with Gasteiger partial charge in [-0.1, -0.05) is 15.9 Å². The summed E-state index contributed by atoms with van der Waals surface area (Å²) >= 11 is 3.36. The van der Waals surface area contributed by atoms with Gasteiger partial charge in [-0.3, -0.25) is 5.41 Å². The molecule has 1 aliphatic heterocycles. The van der Waals surface area contributed by atoms with Gasteiger partial charge >= 0.3 is 0 Å². The second-order valence-electron chi connectivity index (χ2n) is 4.02. The third-order valence-corrected chi connectivity index (χ3v) is 3.55. The Morgan fingerprint density at radius 3 is 2.62 bits per heavy atom. The van der Waals surface area contributed by atoms with E-state index in [1.807, 2.05) is 4.90 Å². The summed E-state index contributed by atoms with van der Waals surface area (Å²) in [4.78, 5) is 2.02. The highest BCUT2D eigenvalue weighted by molar-refractivity contribution is 9.10. The molecule has 2 rings (SSSR count). The van der Waals surface area contributed by atoms with Crippen molar-refractivity contribution in [3.8, 4) is 0 Å². The minimum atomic E-state index is -0.292. The van der Waals surface area contributed by atoms with E-state index in [1.165, 1.54) is 18.6 Å². The smallest absolute Gasteiger partial charge is 0.129 e. The van der Waals surface area contributed by atoms with E-state index in [9.17, 15) is 4.39 Å². The lowest BCUT2D eigenvalue weighted by atomic mass is 10.1. The molecular weight excluding hydrogens is 271 g/mol. The molecule has 86 valence electrons. The van der Waals surface area contributed by atoms with E-state index in [1.54, 1.807) is 6.07 Å². The van der Waals surface area contributed by atoms with Crippen molar-refractivity contribution in [1.29, 1.82) is 5.41 Å². The van der Waals surface area contributed by atoms with E-state index < -0.39 is 0 Å². The second kappa shape index (κ2) is 4.95. The molecule has 0 atom stereocenters. The van der Waals surface area contributed by atoms with E-state index in [4.69, 9.17) is 5.41 Å². The van der Waals surface area contributed by atoms with Crippen LogP contribution in [0.4, 0.5) is 4.39 Å². The van der Waals surface area contributed by atoms with Crippen LogP contribution in [-0.2, 0) is 0 Å². The Labute approximate surface area is 103 Å². The zero-order chi connectivity index (χ0) is 11.5. The fourth-order valence-corrected chi connectivity index (χ4v) is 2.40. The van der Waals surface area contributed by atoms with Crippen molar-refractivity contribution in [2.24, 2.45) is 0 Å². The third kappa shape index (κ3) is 2.43. The summed E-state index contributed by atoms with van der Waals surface area (Å²) < 4.78 is 13.9. The van der Waals surface area contributed by atoms with E-state index >= 15 is 0 Å². The van der Waals surface area contributed by atoms with Crippen LogP contribution in [0.3, 0.4) is 0 Å². The van der Waals surface area contributed by atoms with Crippen molar-refractivity contribution in [3.05, 3.63) is 34.1 Å². The molecule has 0 bridgehead atoms. The fraction of sp³-hybridized carbons (Fsp3) is 0.417. The number of benzene rings is 1. The van der Waals surface area contributed by atoms with Gasteiger partial charge < -0.3 is 4.90 Å². The lowest BCUT2D eigenvalue weighted by Crippen LogP contribution is -2.35. The van der Waals surface area contributed by atoms with Gasteiger partial charge in [-0.05, 0) is 37.5 Å². The molecule has 0 saturated carbocycles. The summed E-state index contributed by atoms with van der Waals surface area (Å²) in [5.41, 5.74) is 0.641. The highest BCUT2D eigenvalue weighted by Gasteiger charge is 2.17. The maximum atomic E-state index is 13.1. The number of rotatable bonds is 1. The zero-order valence-electron chi connectivity index (χ0n) is 8.97. The first-order valence-corrected chi connectivity index (χ1v) is 6.27. The van der Waals surface area contributed by atoms with Crippen LogP contribution in [-0.4, -0.2) is 23.8 Å². The molecule has 2 nitrogen and oxygen atoms in total. The van der Waals surface area contributed by atoms with E-state index in [0.717, 1.165) is 30.4 Å². The maximum Gasteiger partial charge on any atom is 0.129 e. The number of hydrogen-bond acceptors (Lipinski definition) is 1. The molecule has 1 aromatic carbocycles. The van der Waals surface area contributed by atoms with Gasteiger partial charge in [-0.25, -0.2) is 4.39 Å². The van der Waals surface area contributed by atoms with Crippen LogP contribution in [0.15, 0.2) is 22.7 Å². The van der Waals surface area contributed by atoms with Gasteiger partial charge in [0.2, 0.25) is 0 Å². The molecule has 1 N–H and O–H groups in total. The Bertz CT molecular complexity index is 400. The van der Waals surface area contributed by atoms with Crippen molar-refractivity contribution in [1.82, 2.24) is 4.90 Å². The molecule has 0 radical (unpaired) electrons. The van der Waals surface area contributed by atoms with Crippen LogP contribution < -0.4 is 0 Å². The first-order valence-electron chi connectivity index (χ1n) is 5.47. The molecule has 0 unspecified atom stereocenters. The molecule has 1 saturated heterocycles. The highest BCUT2D eigenvalue weighted by Crippen LogP contribution is 2.21. The monoisotopic (exact) mass is 284 g/mol. The number of halogens is 2. The predicted molar refractivity (Wildman–Crippen MR) is 66.4 cm³/mol. The average Bonchev–Trinajstić information content (AvgIpc) is 2.32. The van der Waals surface area contributed by atoms with E-state index in [2.05, 4.69) is 15.9 Å². The lowest BCUT2D eigenvalue weighted by Gasteiger charge is -2.29. The van der Waals surface area contributed by atoms with Crippen molar-refractivity contribution in [2.45, 2.75) is 19.3 Å².